The van der Waals surface area contributed by atoms with E-state index in [4.69, 9.17) is 18.6 Å². The highest BCUT2D eigenvalue weighted by molar-refractivity contribution is 6.46. The number of methoxy groups -OCH3 is 2. The molecule has 2 aromatic rings. The minimum atomic E-state index is -0.873. The first-order valence-electron chi connectivity index (χ1n) is 9.54. The van der Waals surface area contributed by atoms with Crippen molar-refractivity contribution >= 4 is 17.4 Å². The molecule has 3 rings (SSSR count). The van der Waals surface area contributed by atoms with E-state index in [0.717, 1.165) is 0 Å². The molecule has 1 aromatic heterocycles. The largest absolute Gasteiger partial charge is 0.507 e. The summed E-state index contributed by atoms with van der Waals surface area (Å²) in [6, 6.07) is 7.23. The third kappa shape index (κ3) is 4.04. The maximum Gasteiger partial charge on any atom is 0.295 e. The zero-order chi connectivity index (χ0) is 21.8. The van der Waals surface area contributed by atoms with Crippen LogP contribution in [-0.4, -0.2) is 55.2 Å². The Morgan fingerprint density at radius 1 is 1.20 bits per heavy atom. The van der Waals surface area contributed by atoms with Gasteiger partial charge in [0.1, 0.15) is 29.1 Å². The van der Waals surface area contributed by atoms with Crippen LogP contribution in [0.2, 0.25) is 0 Å². The molecular formula is C22H25NO7. The van der Waals surface area contributed by atoms with Crippen molar-refractivity contribution in [3.63, 3.8) is 0 Å². The van der Waals surface area contributed by atoms with Gasteiger partial charge in [-0.2, -0.15) is 0 Å². The Morgan fingerprint density at radius 2 is 1.97 bits per heavy atom. The molecular weight excluding hydrogens is 390 g/mol. The summed E-state index contributed by atoms with van der Waals surface area (Å²) in [4.78, 5) is 27.0. The molecule has 2 heterocycles. The number of carbonyl (C=O) groups is 2. The molecule has 0 radical (unpaired) electrons. The molecule has 8 nitrogen and oxygen atoms in total. The van der Waals surface area contributed by atoms with Crippen molar-refractivity contribution < 1.29 is 33.3 Å². The lowest BCUT2D eigenvalue weighted by molar-refractivity contribution is -0.140. The van der Waals surface area contributed by atoms with Crippen LogP contribution in [-0.2, 0) is 14.3 Å². The molecule has 0 spiro atoms. The number of Topliss-reactive ketones (excluding diaryl/α,β-unsaturated/α-hetero) is 1. The lowest BCUT2D eigenvalue weighted by Crippen LogP contribution is -2.33. The lowest BCUT2D eigenvalue weighted by atomic mass is 9.98. The summed E-state index contributed by atoms with van der Waals surface area (Å²) in [5.74, 6) is -0.667. The number of hydrogen-bond acceptors (Lipinski definition) is 7. The van der Waals surface area contributed by atoms with Gasteiger partial charge in [-0.3, -0.25) is 9.59 Å². The molecule has 160 valence electrons. The molecule has 0 aliphatic carbocycles. The number of aliphatic hydroxyl groups excluding tert-OH is 1. The Balaban J connectivity index is 2.09. The summed E-state index contributed by atoms with van der Waals surface area (Å²) in [6.07, 6.45) is 1.43. The van der Waals surface area contributed by atoms with Crippen molar-refractivity contribution in [2.45, 2.75) is 26.0 Å². The Morgan fingerprint density at radius 3 is 2.57 bits per heavy atom. The highest BCUT2D eigenvalue weighted by Crippen LogP contribution is 2.41. The van der Waals surface area contributed by atoms with Crippen LogP contribution in [0.3, 0.4) is 0 Å². The minimum Gasteiger partial charge on any atom is -0.507 e. The van der Waals surface area contributed by atoms with Gasteiger partial charge in [-0.1, -0.05) is 0 Å². The molecule has 1 fully saturated rings. The smallest absolute Gasteiger partial charge is 0.295 e. The Kier molecular flexibility index (Phi) is 6.47. The fourth-order valence-electron chi connectivity index (χ4n) is 3.38. The summed E-state index contributed by atoms with van der Waals surface area (Å²) in [5, 5.41) is 11.1. The Hall–Kier alpha value is -3.26. The second-order valence-corrected chi connectivity index (χ2v) is 6.99. The van der Waals surface area contributed by atoms with E-state index in [1.807, 2.05) is 13.8 Å². The second-order valence-electron chi connectivity index (χ2n) is 6.99. The van der Waals surface area contributed by atoms with Crippen molar-refractivity contribution in [2.24, 2.45) is 0 Å². The van der Waals surface area contributed by atoms with Crippen LogP contribution in [0.25, 0.3) is 5.76 Å². The van der Waals surface area contributed by atoms with Gasteiger partial charge in [-0.15, -0.1) is 0 Å². The average molecular weight is 415 g/mol. The zero-order valence-electron chi connectivity index (χ0n) is 17.4. The summed E-state index contributed by atoms with van der Waals surface area (Å²) < 4.78 is 21.6. The van der Waals surface area contributed by atoms with Gasteiger partial charge in [0.25, 0.3) is 11.7 Å². The topological polar surface area (TPSA) is 98.4 Å². The number of hydrogen-bond donors (Lipinski definition) is 1. The van der Waals surface area contributed by atoms with Gasteiger partial charge in [0, 0.05) is 12.6 Å². The van der Waals surface area contributed by atoms with E-state index in [0.29, 0.717) is 17.3 Å². The molecule has 0 saturated carbocycles. The van der Waals surface area contributed by atoms with Gasteiger partial charge in [0.2, 0.25) is 0 Å². The number of amides is 1. The molecule has 1 unspecified atom stereocenters. The molecule has 1 aliphatic heterocycles. The van der Waals surface area contributed by atoms with E-state index >= 15 is 0 Å². The normalized spacial score (nSPS) is 18.3. The molecule has 1 aromatic carbocycles. The van der Waals surface area contributed by atoms with Gasteiger partial charge in [0.15, 0.2) is 0 Å². The van der Waals surface area contributed by atoms with Gasteiger partial charge in [-0.05, 0) is 38.1 Å². The predicted molar refractivity (Wildman–Crippen MR) is 108 cm³/mol. The molecule has 1 aliphatic rings. The minimum absolute atomic E-state index is 0.0209. The first kappa shape index (κ1) is 21.4. The maximum atomic E-state index is 12.9. The molecule has 0 bridgehead atoms. The Bertz CT molecular complexity index is 946. The van der Waals surface area contributed by atoms with Crippen molar-refractivity contribution in [3.8, 4) is 11.5 Å². The average Bonchev–Trinajstić information content (AvgIpc) is 3.35. The van der Waals surface area contributed by atoms with Crippen LogP contribution >= 0.6 is 0 Å². The third-order valence-electron chi connectivity index (χ3n) is 4.80. The standard InChI is InChI=1S/C22H25NO7/c1-13(2)29-11-9-23-19(16-6-5-10-30-16)18(21(25)22(23)26)20(24)15-8-7-14(27-3)12-17(15)28-4/h5-8,10,12-13,19,24H,9,11H2,1-4H3/b20-18-. The number of ether oxygens (including phenoxy) is 3. The van der Waals surface area contributed by atoms with E-state index < -0.39 is 17.7 Å². The van der Waals surface area contributed by atoms with E-state index in [-0.39, 0.29) is 36.2 Å². The van der Waals surface area contributed by atoms with Crippen molar-refractivity contribution in [1.82, 2.24) is 4.90 Å². The lowest BCUT2D eigenvalue weighted by Gasteiger charge is -2.23. The number of benzene rings is 1. The molecule has 1 N–H and O–H groups in total. The first-order chi connectivity index (χ1) is 14.4. The van der Waals surface area contributed by atoms with Gasteiger partial charge in [-0.25, -0.2) is 0 Å². The molecule has 8 heteroatoms. The van der Waals surface area contributed by atoms with Crippen molar-refractivity contribution in [1.29, 1.82) is 0 Å². The maximum absolute atomic E-state index is 12.9. The van der Waals surface area contributed by atoms with Gasteiger partial charge < -0.3 is 28.6 Å². The number of rotatable bonds is 8. The number of carbonyl (C=O) groups excluding carboxylic acids is 2. The first-order valence-corrected chi connectivity index (χ1v) is 9.54. The third-order valence-corrected chi connectivity index (χ3v) is 4.80. The fraction of sp³-hybridized carbons (Fsp3) is 0.364. The number of ketones is 1. The summed E-state index contributed by atoms with van der Waals surface area (Å²) in [7, 11) is 2.95. The van der Waals surface area contributed by atoms with E-state index in [9.17, 15) is 14.7 Å². The predicted octanol–water partition coefficient (Wildman–Crippen LogP) is 3.14. The van der Waals surface area contributed by atoms with Crippen LogP contribution in [0.15, 0.2) is 46.6 Å². The zero-order valence-corrected chi connectivity index (χ0v) is 17.4. The monoisotopic (exact) mass is 415 g/mol. The molecule has 1 saturated heterocycles. The quantitative estimate of drug-likeness (QED) is 0.402. The van der Waals surface area contributed by atoms with Crippen molar-refractivity contribution in [2.75, 3.05) is 27.4 Å². The van der Waals surface area contributed by atoms with E-state index in [2.05, 4.69) is 0 Å². The van der Waals surface area contributed by atoms with Crippen molar-refractivity contribution in [3.05, 3.63) is 53.5 Å². The number of aliphatic hydroxyl groups is 1. The van der Waals surface area contributed by atoms with Crippen LogP contribution in [0.4, 0.5) is 0 Å². The number of likely N-dealkylation sites (tertiary alicyclic amines) is 1. The summed E-state index contributed by atoms with van der Waals surface area (Å²) >= 11 is 0. The van der Waals surface area contributed by atoms with Crippen LogP contribution in [0.1, 0.15) is 31.2 Å². The molecule has 1 amide bonds. The van der Waals surface area contributed by atoms with Crippen LogP contribution in [0, 0.1) is 0 Å². The highest BCUT2D eigenvalue weighted by atomic mass is 16.5. The fourth-order valence-corrected chi connectivity index (χ4v) is 3.38. The number of nitrogens with zero attached hydrogens (tertiary/aromatic N) is 1. The van der Waals surface area contributed by atoms with E-state index in [1.165, 1.54) is 25.4 Å². The Labute approximate surface area is 174 Å². The summed E-state index contributed by atoms with van der Waals surface area (Å²) in [5.41, 5.74) is 0.203. The van der Waals surface area contributed by atoms with Crippen LogP contribution in [0.5, 0.6) is 11.5 Å². The van der Waals surface area contributed by atoms with Gasteiger partial charge >= 0.3 is 0 Å². The van der Waals surface area contributed by atoms with Gasteiger partial charge in [0.05, 0.1) is 44.3 Å². The molecule has 1 atom stereocenters. The van der Waals surface area contributed by atoms with Crippen LogP contribution < -0.4 is 9.47 Å². The highest BCUT2D eigenvalue weighted by Gasteiger charge is 2.47. The molecule has 30 heavy (non-hydrogen) atoms. The number of furan rings is 1. The van der Waals surface area contributed by atoms with E-state index in [1.54, 1.807) is 30.3 Å². The summed E-state index contributed by atoms with van der Waals surface area (Å²) in [6.45, 7) is 4.18. The SMILES string of the molecule is COc1ccc(/C(O)=C2/C(=O)C(=O)N(CCOC(C)C)C2c2ccco2)c(OC)c1. The second kappa shape index (κ2) is 9.04.